The van der Waals surface area contributed by atoms with Crippen LogP contribution in [0.15, 0.2) is 66.9 Å². The number of benzene rings is 2. The summed E-state index contributed by atoms with van der Waals surface area (Å²) in [5.74, 6) is 0.162. The minimum Gasteiger partial charge on any atom is -0.369 e. The molecule has 0 radical (unpaired) electrons. The number of carbonyl (C=O) groups is 1. The lowest BCUT2D eigenvalue weighted by Crippen LogP contribution is -2.46. The number of amides is 1. The van der Waals surface area contributed by atoms with E-state index in [0.29, 0.717) is 12.6 Å². The molecule has 3 heterocycles. The second-order valence-corrected chi connectivity index (χ2v) is 11.4. The molecule has 39 heavy (non-hydrogen) atoms. The van der Waals surface area contributed by atoms with Gasteiger partial charge < -0.3 is 15.1 Å². The maximum absolute atomic E-state index is 13.1. The largest absolute Gasteiger partial charge is 0.369 e. The Morgan fingerprint density at radius 2 is 1.69 bits per heavy atom. The minimum atomic E-state index is -0.0423. The van der Waals surface area contributed by atoms with E-state index in [4.69, 9.17) is 0 Å². The second kappa shape index (κ2) is 12.7. The molecule has 0 bridgehead atoms. The van der Waals surface area contributed by atoms with Crippen LogP contribution in [0.25, 0.3) is 0 Å². The number of carbonyl (C=O) groups excluding carboxylic acids is 1. The van der Waals surface area contributed by atoms with Crippen molar-refractivity contribution in [3.63, 3.8) is 0 Å². The second-order valence-electron chi connectivity index (χ2n) is 11.4. The fraction of sp³-hybridized carbons (Fsp3) is 0.516. The van der Waals surface area contributed by atoms with Gasteiger partial charge in [0.1, 0.15) is 0 Å². The average Bonchev–Trinajstić information content (AvgIpc) is 3.64. The van der Waals surface area contributed by atoms with Crippen LogP contribution in [0.2, 0.25) is 0 Å². The molecule has 5 rings (SSSR count). The SMILES string of the molecule is C[C@@H](C(=O)N(C)Cc1ccccc1)[C@H]1CC[C@@H](C[C@H](C)n2cc(CN3CCN(c4ccccc4)CC3)nn2)N1. The Morgan fingerprint density at radius 1 is 1.00 bits per heavy atom. The molecular formula is C31H43N7O. The molecule has 1 amide bonds. The van der Waals surface area contributed by atoms with Crippen LogP contribution in [0, 0.1) is 5.92 Å². The summed E-state index contributed by atoms with van der Waals surface area (Å²) < 4.78 is 2.02. The summed E-state index contributed by atoms with van der Waals surface area (Å²) in [5.41, 5.74) is 3.50. The van der Waals surface area contributed by atoms with Crippen LogP contribution in [0.1, 0.15) is 50.4 Å². The van der Waals surface area contributed by atoms with Crippen LogP contribution in [0.5, 0.6) is 0 Å². The van der Waals surface area contributed by atoms with Crippen molar-refractivity contribution < 1.29 is 4.79 Å². The zero-order valence-electron chi connectivity index (χ0n) is 23.6. The first-order chi connectivity index (χ1) is 19.0. The van der Waals surface area contributed by atoms with Gasteiger partial charge in [-0.2, -0.15) is 0 Å². The number of aromatic nitrogens is 3. The Balaban J connectivity index is 1.06. The van der Waals surface area contributed by atoms with Crippen molar-refractivity contribution in [3.05, 3.63) is 78.1 Å². The topological polar surface area (TPSA) is 69.5 Å². The third kappa shape index (κ3) is 7.05. The number of piperazine rings is 1. The van der Waals surface area contributed by atoms with E-state index in [1.807, 2.05) is 34.8 Å². The lowest BCUT2D eigenvalue weighted by atomic mass is 9.98. The van der Waals surface area contributed by atoms with E-state index in [-0.39, 0.29) is 23.9 Å². The quantitative estimate of drug-likeness (QED) is 0.429. The van der Waals surface area contributed by atoms with Crippen LogP contribution in [-0.2, 0) is 17.9 Å². The van der Waals surface area contributed by atoms with E-state index >= 15 is 0 Å². The van der Waals surface area contributed by atoms with E-state index in [2.05, 4.69) is 87.9 Å². The predicted molar refractivity (Wildman–Crippen MR) is 155 cm³/mol. The molecule has 8 nitrogen and oxygen atoms in total. The number of nitrogens with zero attached hydrogens (tertiary/aromatic N) is 6. The molecule has 1 aromatic heterocycles. The monoisotopic (exact) mass is 529 g/mol. The van der Waals surface area contributed by atoms with Gasteiger partial charge in [0.25, 0.3) is 0 Å². The molecule has 0 saturated carbocycles. The van der Waals surface area contributed by atoms with Gasteiger partial charge >= 0.3 is 0 Å². The fourth-order valence-electron chi connectivity index (χ4n) is 6.04. The van der Waals surface area contributed by atoms with Gasteiger partial charge in [-0.25, -0.2) is 4.68 Å². The van der Waals surface area contributed by atoms with Crippen molar-refractivity contribution in [1.29, 1.82) is 0 Å². The number of para-hydroxylation sites is 1. The highest BCUT2D eigenvalue weighted by Gasteiger charge is 2.33. The standard InChI is InChI=1S/C31H43N7O/c1-24(20-27-14-15-30(32-27)25(2)31(39)35(3)21-26-10-6-4-7-11-26)38-23-28(33-34-38)22-36-16-18-37(19-17-36)29-12-8-5-9-13-29/h4-13,23-25,27,30,32H,14-22H2,1-3H3/t24-,25+,27-,30+/m0/s1. The normalized spacial score (nSPS) is 21.6. The van der Waals surface area contributed by atoms with E-state index in [0.717, 1.165) is 63.2 Å². The minimum absolute atomic E-state index is 0.0423. The summed E-state index contributed by atoms with van der Waals surface area (Å²) in [6.07, 6.45) is 5.21. The lowest BCUT2D eigenvalue weighted by Gasteiger charge is -2.35. The Kier molecular flexibility index (Phi) is 8.94. The Bertz CT molecular complexity index is 1180. The highest BCUT2D eigenvalue weighted by molar-refractivity contribution is 5.79. The lowest BCUT2D eigenvalue weighted by molar-refractivity contribution is -0.135. The molecule has 0 aliphatic carbocycles. The highest BCUT2D eigenvalue weighted by atomic mass is 16.2. The van der Waals surface area contributed by atoms with Crippen molar-refractivity contribution in [2.45, 2.75) is 64.3 Å². The molecule has 2 fully saturated rings. The molecule has 3 aromatic rings. The zero-order valence-corrected chi connectivity index (χ0v) is 23.6. The van der Waals surface area contributed by atoms with Gasteiger partial charge in [0.2, 0.25) is 5.91 Å². The van der Waals surface area contributed by atoms with Crippen molar-refractivity contribution in [1.82, 2.24) is 30.1 Å². The summed E-state index contributed by atoms with van der Waals surface area (Å²) in [6, 6.07) is 21.7. The number of hydrogen-bond donors (Lipinski definition) is 1. The van der Waals surface area contributed by atoms with Gasteiger partial charge in [0, 0.05) is 64.1 Å². The predicted octanol–water partition coefficient (Wildman–Crippen LogP) is 3.97. The maximum Gasteiger partial charge on any atom is 0.227 e. The third-order valence-electron chi connectivity index (χ3n) is 8.42. The van der Waals surface area contributed by atoms with Gasteiger partial charge in [0.15, 0.2) is 0 Å². The molecule has 4 atom stereocenters. The summed E-state index contributed by atoms with van der Waals surface area (Å²) in [6.45, 7) is 9.90. The Hall–Kier alpha value is -3.23. The van der Waals surface area contributed by atoms with Crippen LogP contribution in [0.3, 0.4) is 0 Å². The van der Waals surface area contributed by atoms with Crippen molar-refractivity contribution in [2.75, 3.05) is 38.1 Å². The maximum atomic E-state index is 13.1. The molecule has 1 N–H and O–H groups in total. The number of rotatable bonds is 10. The van der Waals surface area contributed by atoms with Gasteiger partial charge in [-0.05, 0) is 43.9 Å². The summed E-state index contributed by atoms with van der Waals surface area (Å²) in [4.78, 5) is 19.9. The van der Waals surface area contributed by atoms with Crippen molar-refractivity contribution in [3.8, 4) is 0 Å². The first-order valence-electron chi connectivity index (χ1n) is 14.4. The van der Waals surface area contributed by atoms with Crippen LogP contribution >= 0.6 is 0 Å². The first-order valence-corrected chi connectivity index (χ1v) is 14.4. The summed E-state index contributed by atoms with van der Waals surface area (Å²) in [5, 5.41) is 12.7. The molecule has 0 unspecified atom stereocenters. The number of nitrogens with one attached hydrogen (secondary N) is 1. The summed E-state index contributed by atoms with van der Waals surface area (Å²) in [7, 11) is 1.91. The Labute approximate surface area is 233 Å². The summed E-state index contributed by atoms with van der Waals surface area (Å²) >= 11 is 0. The van der Waals surface area contributed by atoms with Crippen LogP contribution in [0.4, 0.5) is 5.69 Å². The third-order valence-corrected chi connectivity index (χ3v) is 8.42. The van der Waals surface area contributed by atoms with Crippen LogP contribution < -0.4 is 10.2 Å². The fourth-order valence-corrected chi connectivity index (χ4v) is 6.04. The van der Waals surface area contributed by atoms with Crippen molar-refractivity contribution in [2.24, 2.45) is 5.92 Å². The molecule has 2 aromatic carbocycles. The van der Waals surface area contributed by atoms with E-state index in [9.17, 15) is 4.79 Å². The van der Waals surface area contributed by atoms with Crippen molar-refractivity contribution >= 4 is 11.6 Å². The Morgan fingerprint density at radius 3 is 2.41 bits per heavy atom. The molecule has 2 saturated heterocycles. The molecule has 0 spiro atoms. The number of anilines is 1. The zero-order chi connectivity index (χ0) is 27.2. The van der Waals surface area contributed by atoms with Crippen LogP contribution in [-0.4, -0.2) is 76.0 Å². The first kappa shape index (κ1) is 27.3. The smallest absolute Gasteiger partial charge is 0.227 e. The molecular weight excluding hydrogens is 486 g/mol. The van der Waals surface area contributed by atoms with Gasteiger partial charge in [-0.1, -0.05) is 60.7 Å². The molecule has 208 valence electrons. The highest BCUT2D eigenvalue weighted by Crippen LogP contribution is 2.26. The number of hydrogen-bond acceptors (Lipinski definition) is 6. The molecule has 8 heteroatoms. The average molecular weight is 530 g/mol. The van der Waals surface area contributed by atoms with E-state index < -0.39 is 0 Å². The molecule has 2 aliphatic heterocycles. The van der Waals surface area contributed by atoms with Gasteiger partial charge in [-0.3, -0.25) is 9.69 Å². The van der Waals surface area contributed by atoms with Gasteiger partial charge in [0.05, 0.1) is 23.9 Å². The van der Waals surface area contributed by atoms with E-state index in [1.54, 1.807) is 0 Å². The van der Waals surface area contributed by atoms with Gasteiger partial charge in [-0.15, -0.1) is 5.10 Å². The van der Waals surface area contributed by atoms with E-state index in [1.165, 1.54) is 5.69 Å². The molecule has 2 aliphatic rings.